The number of halogens is 4. The van der Waals surface area contributed by atoms with Gasteiger partial charge in [-0.2, -0.15) is 13.2 Å². The predicted octanol–water partition coefficient (Wildman–Crippen LogP) is 5.34. The molecule has 0 bridgehead atoms. The summed E-state index contributed by atoms with van der Waals surface area (Å²) in [5, 5.41) is 13.8. The third kappa shape index (κ3) is 4.74. The third-order valence-corrected chi connectivity index (χ3v) is 3.98. The van der Waals surface area contributed by atoms with E-state index in [0.29, 0.717) is 17.9 Å². The molecule has 6 nitrogen and oxygen atoms in total. The molecule has 0 fully saturated rings. The van der Waals surface area contributed by atoms with Crippen molar-refractivity contribution >= 4 is 23.1 Å². The number of rotatable bonds is 5. The van der Waals surface area contributed by atoms with Gasteiger partial charge < -0.3 is 5.32 Å². The summed E-state index contributed by atoms with van der Waals surface area (Å²) < 4.78 is 38.0. The molecule has 0 aliphatic heterocycles. The Bertz CT molecular complexity index is 993. The first-order valence-corrected chi connectivity index (χ1v) is 8.29. The van der Waals surface area contributed by atoms with E-state index in [9.17, 15) is 23.3 Å². The van der Waals surface area contributed by atoms with E-state index in [4.69, 9.17) is 11.6 Å². The van der Waals surface area contributed by atoms with E-state index in [0.717, 1.165) is 17.7 Å². The Hall–Kier alpha value is -3.20. The van der Waals surface area contributed by atoms with Gasteiger partial charge in [-0.1, -0.05) is 35.9 Å². The molecule has 1 aromatic heterocycles. The van der Waals surface area contributed by atoms with Crippen LogP contribution in [0.5, 0.6) is 0 Å². The van der Waals surface area contributed by atoms with E-state index >= 15 is 0 Å². The molecule has 2 aromatic carbocycles. The van der Waals surface area contributed by atoms with Crippen LogP contribution < -0.4 is 5.32 Å². The fourth-order valence-electron chi connectivity index (χ4n) is 2.37. The molecule has 3 rings (SSSR count). The predicted molar refractivity (Wildman–Crippen MR) is 97.9 cm³/mol. The number of aromatic nitrogens is 2. The highest BCUT2D eigenvalue weighted by atomic mass is 35.5. The van der Waals surface area contributed by atoms with Crippen molar-refractivity contribution in [3.05, 3.63) is 81.0 Å². The summed E-state index contributed by atoms with van der Waals surface area (Å²) in [6.07, 6.45) is -4.43. The summed E-state index contributed by atoms with van der Waals surface area (Å²) in [6.45, 7) is 0.317. The summed E-state index contributed by atoms with van der Waals surface area (Å²) >= 11 is 6.00. The average molecular weight is 409 g/mol. The topological polar surface area (TPSA) is 81.0 Å². The van der Waals surface area contributed by atoms with Crippen LogP contribution in [-0.4, -0.2) is 14.9 Å². The lowest BCUT2D eigenvalue weighted by Gasteiger charge is -2.10. The summed E-state index contributed by atoms with van der Waals surface area (Å²) in [6, 6.07) is 11.9. The number of nitro benzene ring substituents is 1. The minimum absolute atomic E-state index is 0.0154. The summed E-state index contributed by atoms with van der Waals surface area (Å²) in [5.41, 5.74) is 0.374. The molecule has 1 N–H and O–H groups in total. The molecule has 0 aliphatic carbocycles. The molecule has 0 saturated heterocycles. The third-order valence-electron chi connectivity index (χ3n) is 3.79. The van der Waals surface area contributed by atoms with E-state index in [2.05, 4.69) is 15.3 Å². The Labute approximate surface area is 162 Å². The summed E-state index contributed by atoms with van der Waals surface area (Å²) in [5.74, 6) is 0.542. The quantitative estimate of drug-likeness (QED) is 0.350. The van der Waals surface area contributed by atoms with Gasteiger partial charge in [0, 0.05) is 30.3 Å². The zero-order valence-corrected chi connectivity index (χ0v) is 14.8. The van der Waals surface area contributed by atoms with Gasteiger partial charge in [0.1, 0.15) is 11.0 Å². The van der Waals surface area contributed by atoms with Gasteiger partial charge in [-0.05, 0) is 17.7 Å². The lowest BCUT2D eigenvalue weighted by Crippen LogP contribution is -2.05. The van der Waals surface area contributed by atoms with E-state index in [1.54, 1.807) is 12.1 Å². The Morgan fingerprint density at radius 3 is 2.25 bits per heavy atom. The van der Waals surface area contributed by atoms with Gasteiger partial charge in [0.25, 0.3) is 5.69 Å². The smallest absolute Gasteiger partial charge is 0.366 e. The molecule has 0 amide bonds. The van der Waals surface area contributed by atoms with Crippen LogP contribution in [0.3, 0.4) is 0 Å². The molecule has 10 heteroatoms. The standard InChI is InChI=1S/C18H12ClF3N4O2/c19-15-9-16(23-10-11-1-7-14(8-2-11)26(27)28)25-17(24-15)12-3-5-13(6-4-12)18(20,21)22/h1-9H,10H2,(H,23,24,25). The van der Waals surface area contributed by atoms with Crippen LogP contribution in [0.1, 0.15) is 11.1 Å². The van der Waals surface area contributed by atoms with Crippen LogP contribution in [-0.2, 0) is 12.7 Å². The number of nitrogens with one attached hydrogen (secondary N) is 1. The molecule has 3 aromatic rings. The SMILES string of the molecule is O=[N+]([O-])c1ccc(CNc2cc(Cl)nc(-c3ccc(C(F)(F)F)cc3)n2)cc1. The zero-order valence-electron chi connectivity index (χ0n) is 14.1. The average Bonchev–Trinajstić information content (AvgIpc) is 2.66. The van der Waals surface area contributed by atoms with Crippen LogP contribution in [0.2, 0.25) is 5.15 Å². The molecule has 0 spiro atoms. The first kappa shape index (κ1) is 19.6. The lowest BCUT2D eigenvalue weighted by molar-refractivity contribution is -0.384. The van der Waals surface area contributed by atoms with Gasteiger partial charge >= 0.3 is 6.18 Å². The van der Waals surface area contributed by atoms with E-state index in [-0.39, 0.29) is 16.7 Å². The molecule has 144 valence electrons. The van der Waals surface area contributed by atoms with Crippen LogP contribution in [0.25, 0.3) is 11.4 Å². The van der Waals surface area contributed by atoms with Crippen molar-refractivity contribution in [2.75, 3.05) is 5.32 Å². The molecule has 0 aliphatic rings. The minimum atomic E-state index is -4.43. The number of hydrogen-bond donors (Lipinski definition) is 1. The second-order valence-corrected chi connectivity index (χ2v) is 6.14. The van der Waals surface area contributed by atoms with Crippen molar-refractivity contribution < 1.29 is 18.1 Å². The zero-order chi connectivity index (χ0) is 20.3. The number of nitro groups is 1. The Morgan fingerprint density at radius 2 is 1.68 bits per heavy atom. The maximum Gasteiger partial charge on any atom is 0.416 e. The van der Waals surface area contributed by atoms with Crippen LogP contribution in [0, 0.1) is 10.1 Å². The van der Waals surface area contributed by atoms with Gasteiger partial charge in [-0.25, -0.2) is 9.97 Å². The largest absolute Gasteiger partial charge is 0.416 e. The van der Waals surface area contributed by atoms with Crippen molar-refractivity contribution in [1.82, 2.24) is 9.97 Å². The van der Waals surface area contributed by atoms with Crippen molar-refractivity contribution in [2.45, 2.75) is 12.7 Å². The molecule has 0 atom stereocenters. The van der Waals surface area contributed by atoms with Gasteiger partial charge in [0.2, 0.25) is 0 Å². The van der Waals surface area contributed by atoms with Crippen molar-refractivity contribution in [3.63, 3.8) is 0 Å². The highest BCUT2D eigenvalue weighted by Gasteiger charge is 2.30. The fraction of sp³-hybridized carbons (Fsp3) is 0.111. The second-order valence-electron chi connectivity index (χ2n) is 5.75. The number of alkyl halides is 3. The summed E-state index contributed by atoms with van der Waals surface area (Å²) in [7, 11) is 0. The van der Waals surface area contributed by atoms with Gasteiger partial charge in [0.05, 0.1) is 10.5 Å². The van der Waals surface area contributed by atoms with Crippen LogP contribution in [0.15, 0.2) is 54.6 Å². The number of non-ortho nitro benzene ring substituents is 1. The lowest BCUT2D eigenvalue weighted by atomic mass is 10.1. The first-order valence-electron chi connectivity index (χ1n) is 7.92. The molecular weight excluding hydrogens is 397 g/mol. The minimum Gasteiger partial charge on any atom is -0.366 e. The molecule has 0 saturated carbocycles. The van der Waals surface area contributed by atoms with Crippen molar-refractivity contribution in [2.24, 2.45) is 0 Å². The monoisotopic (exact) mass is 408 g/mol. The molecule has 28 heavy (non-hydrogen) atoms. The fourth-order valence-corrected chi connectivity index (χ4v) is 2.56. The maximum absolute atomic E-state index is 12.7. The van der Waals surface area contributed by atoms with Crippen molar-refractivity contribution in [3.8, 4) is 11.4 Å². The summed E-state index contributed by atoms with van der Waals surface area (Å²) in [4.78, 5) is 18.5. The highest BCUT2D eigenvalue weighted by Crippen LogP contribution is 2.30. The molecule has 0 radical (unpaired) electrons. The van der Waals surface area contributed by atoms with Gasteiger partial charge in [-0.15, -0.1) is 0 Å². The Balaban J connectivity index is 1.77. The maximum atomic E-state index is 12.7. The number of nitrogens with zero attached hydrogens (tertiary/aromatic N) is 3. The molecule has 1 heterocycles. The number of hydrogen-bond acceptors (Lipinski definition) is 5. The van der Waals surface area contributed by atoms with E-state index in [1.807, 2.05) is 0 Å². The Morgan fingerprint density at radius 1 is 1.04 bits per heavy atom. The Kier molecular flexibility index (Phi) is 5.46. The number of benzene rings is 2. The number of anilines is 1. The second kappa shape index (κ2) is 7.81. The van der Waals surface area contributed by atoms with Gasteiger partial charge in [-0.3, -0.25) is 10.1 Å². The van der Waals surface area contributed by atoms with Crippen molar-refractivity contribution in [1.29, 1.82) is 0 Å². The molecule has 0 unspecified atom stereocenters. The van der Waals surface area contributed by atoms with E-state index in [1.165, 1.54) is 30.3 Å². The normalized spacial score (nSPS) is 11.3. The van der Waals surface area contributed by atoms with Gasteiger partial charge in [0.15, 0.2) is 5.82 Å². The van der Waals surface area contributed by atoms with Crippen LogP contribution in [0.4, 0.5) is 24.7 Å². The van der Waals surface area contributed by atoms with Crippen LogP contribution >= 0.6 is 11.6 Å². The first-order chi connectivity index (χ1) is 13.2. The van der Waals surface area contributed by atoms with E-state index < -0.39 is 16.7 Å². The molecular formula is C18H12ClF3N4O2. The highest BCUT2D eigenvalue weighted by molar-refractivity contribution is 6.29.